The number of nitrogens with zero attached hydrogens (tertiary/aromatic N) is 1. The molecule has 1 fully saturated rings. The van der Waals surface area contributed by atoms with Gasteiger partial charge in [0, 0.05) is 13.2 Å². The van der Waals surface area contributed by atoms with E-state index in [4.69, 9.17) is 14.3 Å². The molecule has 2 aromatic carbocycles. The van der Waals surface area contributed by atoms with Gasteiger partial charge in [0.1, 0.15) is 0 Å². The van der Waals surface area contributed by atoms with Crippen LogP contribution >= 0.6 is 0 Å². The van der Waals surface area contributed by atoms with Crippen molar-refractivity contribution in [3.63, 3.8) is 0 Å². The first-order valence-electron chi connectivity index (χ1n) is 8.58. The molecule has 24 heavy (non-hydrogen) atoms. The van der Waals surface area contributed by atoms with Crippen molar-refractivity contribution >= 4 is 5.69 Å². The number of benzene rings is 2. The topological polar surface area (TPSA) is 30.9 Å². The lowest BCUT2D eigenvalue weighted by molar-refractivity contribution is -0.378. The summed E-state index contributed by atoms with van der Waals surface area (Å²) in [5, 5.41) is 1.92. The Hall–Kier alpha value is -1.88. The van der Waals surface area contributed by atoms with Crippen LogP contribution in [0.1, 0.15) is 32.4 Å². The molecule has 1 saturated heterocycles. The predicted molar refractivity (Wildman–Crippen MR) is 94.3 cm³/mol. The highest BCUT2D eigenvalue weighted by Crippen LogP contribution is 2.48. The zero-order valence-electron chi connectivity index (χ0n) is 14.5. The van der Waals surface area contributed by atoms with Crippen molar-refractivity contribution < 1.29 is 14.3 Å². The molecule has 0 N–H and O–H groups in total. The minimum absolute atomic E-state index is 0.00000567. The molecule has 128 valence electrons. The first-order valence-corrected chi connectivity index (χ1v) is 8.58. The van der Waals surface area contributed by atoms with Gasteiger partial charge in [-0.3, -0.25) is 0 Å². The summed E-state index contributed by atoms with van der Waals surface area (Å²) in [6, 6.07) is 20.5. The van der Waals surface area contributed by atoms with Crippen LogP contribution in [0.15, 0.2) is 60.7 Å². The van der Waals surface area contributed by atoms with Crippen molar-refractivity contribution in [2.45, 2.75) is 32.8 Å². The monoisotopic (exact) mass is 327 g/mol. The first kappa shape index (κ1) is 17.0. The van der Waals surface area contributed by atoms with E-state index in [9.17, 15) is 0 Å². The second kappa shape index (κ2) is 7.34. The first-order chi connectivity index (χ1) is 11.7. The highest BCUT2D eigenvalue weighted by molar-refractivity contribution is 5.47. The molecule has 0 aliphatic carbocycles. The van der Waals surface area contributed by atoms with Crippen LogP contribution in [0.5, 0.6) is 0 Å². The molecular formula is C20H25NO3. The third-order valence-electron chi connectivity index (χ3n) is 4.35. The van der Waals surface area contributed by atoms with E-state index in [1.807, 2.05) is 67.4 Å². The number of hydroxylamine groups is 1. The normalized spacial score (nSPS) is 22.7. The number of hydrogen-bond donors (Lipinski definition) is 0. The predicted octanol–water partition coefficient (Wildman–Crippen LogP) is 4.54. The Morgan fingerprint density at radius 3 is 2.00 bits per heavy atom. The summed E-state index contributed by atoms with van der Waals surface area (Å²) in [6.45, 7) is 7.08. The number of para-hydroxylation sites is 1. The summed E-state index contributed by atoms with van der Waals surface area (Å²) in [6.07, 6.45) is 0. The Morgan fingerprint density at radius 2 is 1.46 bits per heavy atom. The smallest absolute Gasteiger partial charge is 0.310 e. The third kappa shape index (κ3) is 3.05. The zero-order valence-corrected chi connectivity index (χ0v) is 14.5. The van der Waals surface area contributed by atoms with E-state index >= 15 is 0 Å². The summed E-state index contributed by atoms with van der Waals surface area (Å²) in [5.74, 6) is -1.07. The van der Waals surface area contributed by atoms with E-state index in [2.05, 4.69) is 19.1 Å². The van der Waals surface area contributed by atoms with Crippen LogP contribution in [-0.4, -0.2) is 19.2 Å². The van der Waals surface area contributed by atoms with E-state index in [0.29, 0.717) is 13.2 Å². The van der Waals surface area contributed by atoms with Crippen LogP contribution < -0.4 is 5.06 Å². The van der Waals surface area contributed by atoms with Gasteiger partial charge in [0.15, 0.2) is 0 Å². The molecule has 4 heteroatoms. The maximum absolute atomic E-state index is 6.28. The minimum Gasteiger partial charge on any atom is -0.326 e. The highest BCUT2D eigenvalue weighted by Gasteiger charge is 2.55. The largest absolute Gasteiger partial charge is 0.326 e. The highest BCUT2D eigenvalue weighted by atomic mass is 16.9. The Morgan fingerprint density at radius 1 is 0.917 bits per heavy atom. The van der Waals surface area contributed by atoms with Crippen LogP contribution in [0.3, 0.4) is 0 Å². The van der Waals surface area contributed by atoms with Gasteiger partial charge in [-0.1, -0.05) is 55.5 Å². The van der Waals surface area contributed by atoms with Crippen molar-refractivity contribution in [3.05, 3.63) is 66.2 Å². The van der Waals surface area contributed by atoms with E-state index in [1.165, 1.54) is 5.56 Å². The van der Waals surface area contributed by atoms with E-state index < -0.39 is 5.97 Å². The molecule has 0 unspecified atom stereocenters. The van der Waals surface area contributed by atoms with Gasteiger partial charge < -0.3 is 9.47 Å². The fourth-order valence-electron chi connectivity index (χ4n) is 3.30. The third-order valence-corrected chi connectivity index (χ3v) is 4.35. The van der Waals surface area contributed by atoms with Gasteiger partial charge in [-0.15, -0.1) is 0 Å². The maximum atomic E-state index is 6.28. The van der Waals surface area contributed by atoms with Crippen molar-refractivity contribution in [2.24, 2.45) is 5.92 Å². The minimum atomic E-state index is -1.07. The second-order valence-corrected chi connectivity index (χ2v) is 5.87. The fourth-order valence-corrected chi connectivity index (χ4v) is 3.30. The van der Waals surface area contributed by atoms with Crippen LogP contribution in [0, 0.1) is 5.92 Å². The molecule has 4 nitrogen and oxygen atoms in total. The molecule has 0 saturated carbocycles. The lowest BCUT2D eigenvalue weighted by Crippen LogP contribution is -2.42. The number of hydrogen-bond acceptors (Lipinski definition) is 4. The summed E-state index contributed by atoms with van der Waals surface area (Å²) < 4.78 is 11.9. The molecule has 0 bridgehead atoms. The quantitative estimate of drug-likeness (QED) is 0.729. The molecule has 1 aliphatic heterocycles. The van der Waals surface area contributed by atoms with Gasteiger partial charge in [0.05, 0.1) is 17.6 Å². The van der Waals surface area contributed by atoms with Crippen molar-refractivity contribution in [2.75, 3.05) is 18.3 Å². The summed E-state index contributed by atoms with van der Waals surface area (Å²) in [7, 11) is 0. The molecule has 1 heterocycles. The second-order valence-electron chi connectivity index (χ2n) is 5.87. The van der Waals surface area contributed by atoms with Gasteiger partial charge >= 0.3 is 5.97 Å². The van der Waals surface area contributed by atoms with Gasteiger partial charge in [-0.2, -0.15) is 0 Å². The number of ether oxygens (including phenoxy) is 2. The van der Waals surface area contributed by atoms with Crippen LogP contribution in [-0.2, 0) is 14.3 Å². The van der Waals surface area contributed by atoms with Crippen LogP contribution in [0.25, 0.3) is 0 Å². The fraction of sp³-hybridized carbons (Fsp3) is 0.400. The lowest BCUT2D eigenvalue weighted by atomic mass is 9.93. The number of rotatable bonds is 6. The van der Waals surface area contributed by atoms with Gasteiger partial charge in [-0.05, 0) is 31.5 Å². The molecular weight excluding hydrogens is 302 g/mol. The SMILES string of the molecule is CCOC1(OCC)ON(c2ccccc2)[C@@H](c2ccccc2)[C@H]1C. The molecule has 2 atom stereocenters. The molecule has 2 aromatic rings. The van der Waals surface area contributed by atoms with Gasteiger partial charge in [0.25, 0.3) is 0 Å². The van der Waals surface area contributed by atoms with Gasteiger partial charge in [-0.25, -0.2) is 9.90 Å². The summed E-state index contributed by atoms with van der Waals surface area (Å²) in [4.78, 5) is 6.28. The Kier molecular flexibility index (Phi) is 5.19. The van der Waals surface area contributed by atoms with Gasteiger partial charge in [0.2, 0.25) is 0 Å². The average Bonchev–Trinajstić information content (AvgIpc) is 2.90. The average molecular weight is 327 g/mol. The molecule has 1 aliphatic rings. The standard InChI is InChI=1S/C20H25NO3/c1-4-22-20(23-5-2)16(3)19(17-12-8-6-9-13-17)21(24-20)18-14-10-7-11-15-18/h6-16,19H,4-5H2,1-3H3/t16-,19-/m1/s1. The van der Waals surface area contributed by atoms with E-state index in [1.54, 1.807) is 0 Å². The Bertz CT molecular complexity index is 626. The van der Waals surface area contributed by atoms with Crippen molar-refractivity contribution in [1.82, 2.24) is 0 Å². The molecule has 0 radical (unpaired) electrons. The van der Waals surface area contributed by atoms with E-state index in [-0.39, 0.29) is 12.0 Å². The molecule has 0 spiro atoms. The number of anilines is 1. The van der Waals surface area contributed by atoms with Crippen molar-refractivity contribution in [1.29, 1.82) is 0 Å². The van der Waals surface area contributed by atoms with E-state index in [0.717, 1.165) is 5.69 Å². The molecule has 3 rings (SSSR count). The maximum Gasteiger partial charge on any atom is 0.310 e. The Balaban J connectivity index is 2.04. The molecule has 0 aromatic heterocycles. The summed E-state index contributed by atoms with van der Waals surface area (Å²) >= 11 is 0. The van der Waals surface area contributed by atoms with Crippen molar-refractivity contribution in [3.8, 4) is 0 Å². The zero-order chi connectivity index (χ0) is 17.0. The Labute approximate surface area is 143 Å². The van der Waals surface area contributed by atoms with Crippen LogP contribution in [0.2, 0.25) is 0 Å². The van der Waals surface area contributed by atoms with Crippen LogP contribution in [0.4, 0.5) is 5.69 Å². The summed E-state index contributed by atoms with van der Waals surface area (Å²) in [5.41, 5.74) is 2.16. The lowest BCUT2D eigenvalue weighted by Gasteiger charge is -2.30. The molecule has 0 amide bonds.